The van der Waals surface area contributed by atoms with E-state index >= 15 is 0 Å². The molecule has 6 nitrogen and oxygen atoms in total. The van der Waals surface area contributed by atoms with Crippen LogP contribution < -0.4 is 9.47 Å². The Balaban J connectivity index is 1.65. The van der Waals surface area contributed by atoms with Gasteiger partial charge < -0.3 is 14.4 Å². The average molecular weight is 446 g/mol. The number of fused-ring (bicyclic) bond motifs is 2. The van der Waals surface area contributed by atoms with Crippen LogP contribution in [0.25, 0.3) is 0 Å². The normalized spacial score (nSPS) is 15.2. The third-order valence-electron chi connectivity index (χ3n) is 5.77. The van der Waals surface area contributed by atoms with Crippen LogP contribution in [0.5, 0.6) is 17.4 Å². The Bertz CT molecular complexity index is 1100. The van der Waals surface area contributed by atoms with Crippen molar-refractivity contribution >= 4 is 5.91 Å². The van der Waals surface area contributed by atoms with Gasteiger partial charge in [0.25, 0.3) is 5.91 Å². The number of hydrogen-bond donors (Lipinski definition) is 0. The van der Waals surface area contributed by atoms with Gasteiger partial charge in [0.05, 0.1) is 0 Å². The van der Waals surface area contributed by atoms with Crippen LogP contribution in [0.15, 0.2) is 60.8 Å². The molecule has 2 heterocycles. The Morgan fingerprint density at radius 2 is 1.70 bits per heavy atom. The van der Waals surface area contributed by atoms with Crippen LogP contribution in [-0.2, 0) is 6.54 Å². The molecule has 3 aromatic rings. The van der Waals surface area contributed by atoms with Gasteiger partial charge in [-0.3, -0.25) is 9.69 Å². The van der Waals surface area contributed by atoms with E-state index in [2.05, 4.69) is 41.9 Å². The summed E-state index contributed by atoms with van der Waals surface area (Å²) in [5, 5.41) is 0. The summed E-state index contributed by atoms with van der Waals surface area (Å²) in [4.78, 5) is 21.9. The molecule has 0 fully saturated rings. The van der Waals surface area contributed by atoms with Crippen molar-refractivity contribution in [2.24, 2.45) is 0 Å². The van der Waals surface area contributed by atoms with Gasteiger partial charge in [0.1, 0.15) is 12.2 Å². The predicted octanol–water partition coefficient (Wildman–Crippen LogP) is 4.85. The van der Waals surface area contributed by atoms with E-state index in [4.69, 9.17) is 9.47 Å². The SMILES string of the molecule is CCN1CCN(Cc2cc(C)cc(C)c2)CCOc2ccccc2Oc2ncccc2C1=O. The number of aryl methyl sites for hydroxylation is 2. The Kier molecular flexibility index (Phi) is 7.25. The molecule has 33 heavy (non-hydrogen) atoms. The van der Waals surface area contributed by atoms with Gasteiger partial charge in [-0.15, -0.1) is 0 Å². The number of carbonyl (C=O) groups excluding carboxylic acids is 1. The van der Waals surface area contributed by atoms with E-state index < -0.39 is 0 Å². The Labute approximate surface area is 195 Å². The van der Waals surface area contributed by atoms with Crippen molar-refractivity contribution in [1.29, 1.82) is 0 Å². The number of carbonyl (C=O) groups is 1. The summed E-state index contributed by atoms with van der Waals surface area (Å²) in [5.41, 5.74) is 4.24. The van der Waals surface area contributed by atoms with Crippen LogP contribution in [0.4, 0.5) is 0 Å². The molecule has 1 amide bonds. The molecule has 1 aromatic heterocycles. The van der Waals surface area contributed by atoms with Gasteiger partial charge in [-0.05, 0) is 50.6 Å². The maximum Gasteiger partial charge on any atom is 0.259 e. The zero-order valence-electron chi connectivity index (χ0n) is 19.6. The summed E-state index contributed by atoms with van der Waals surface area (Å²) < 4.78 is 12.2. The van der Waals surface area contributed by atoms with Gasteiger partial charge in [-0.25, -0.2) is 4.98 Å². The molecule has 6 heteroatoms. The molecule has 0 radical (unpaired) electrons. The van der Waals surface area contributed by atoms with Gasteiger partial charge >= 0.3 is 0 Å². The number of rotatable bonds is 3. The fourth-order valence-corrected chi connectivity index (χ4v) is 4.20. The van der Waals surface area contributed by atoms with Crippen LogP contribution in [0.3, 0.4) is 0 Å². The zero-order valence-corrected chi connectivity index (χ0v) is 19.6. The molecule has 0 saturated heterocycles. The number of para-hydroxylation sites is 2. The minimum atomic E-state index is -0.0791. The number of aromatic nitrogens is 1. The molecule has 0 N–H and O–H groups in total. The molecule has 0 atom stereocenters. The maximum atomic E-state index is 13.4. The molecule has 2 aromatic carbocycles. The highest BCUT2D eigenvalue weighted by molar-refractivity contribution is 5.96. The van der Waals surface area contributed by atoms with Gasteiger partial charge in [-0.1, -0.05) is 41.5 Å². The van der Waals surface area contributed by atoms with E-state index in [1.54, 1.807) is 18.3 Å². The summed E-state index contributed by atoms with van der Waals surface area (Å²) >= 11 is 0. The van der Waals surface area contributed by atoms with E-state index in [0.717, 1.165) is 19.6 Å². The van der Waals surface area contributed by atoms with Gasteiger partial charge in [0.2, 0.25) is 5.88 Å². The number of nitrogens with zero attached hydrogens (tertiary/aromatic N) is 3. The molecule has 1 aliphatic rings. The molecular weight excluding hydrogens is 414 g/mol. The van der Waals surface area contributed by atoms with E-state index in [-0.39, 0.29) is 5.91 Å². The summed E-state index contributed by atoms with van der Waals surface area (Å²) in [5.74, 6) is 1.40. The Morgan fingerprint density at radius 3 is 2.45 bits per heavy atom. The van der Waals surface area contributed by atoms with Gasteiger partial charge in [0.15, 0.2) is 11.5 Å². The van der Waals surface area contributed by atoms with Crippen LogP contribution in [-0.4, -0.2) is 53.5 Å². The lowest BCUT2D eigenvalue weighted by Crippen LogP contribution is -2.39. The molecule has 0 unspecified atom stereocenters. The Hall–Kier alpha value is -3.38. The van der Waals surface area contributed by atoms with Crippen molar-refractivity contribution in [3.8, 4) is 17.4 Å². The lowest BCUT2D eigenvalue weighted by Gasteiger charge is -2.27. The predicted molar refractivity (Wildman–Crippen MR) is 129 cm³/mol. The minimum Gasteiger partial charge on any atom is -0.488 e. The summed E-state index contributed by atoms with van der Waals surface area (Å²) in [7, 11) is 0. The number of likely N-dealkylation sites (N-methyl/N-ethyl adjacent to an activating group) is 1. The first-order valence-electron chi connectivity index (χ1n) is 11.5. The summed E-state index contributed by atoms with van der Waals surface area (Å²) in [6.45, 7) is 10.3. The van der Waals surface area contributed by atoms with Crippen LogP contribution in [0, 0.1) is 13.8 Å². The minimum absolute atomic E-state index is 0.0791. The lowest BCUT2D eigenvalue weighted by atomic mass is 10.1. The number of pyridine rings is 1. The molecule has 172 valence electrons. The van der Waals surface area contributed by atoms with Crippen LogP contribution in [0.1, 0.15) is 34.0 Å². The third-order valence-corrected chi connectivity index (χ3v) is 5.77. The van der Waals surface area contributed by atoms with E-state index in [1.807, 2.05) is 36.1 Å². The smallest absolute Gasteiger partial charge is 0.259 e. The van der Waals surface area contributed by atoms with E-state index in [9.17, 15) is 4.79 Å². The van der Waals surface area contributed by atoms with Crippen molar-refractivity contribution in [2.75, 3.05) is 32.8 Å². The fraction of sp³-hybridized carbons (Fsp3) is 0.333. The monoisotopic (exact) mass is 445 g/mol. The highest BCUT2D eigenvalue weighted by Crippen LogP contribution is 2.32. The molecule has 1 aliphatic heterocycles. The van der Waals surface area contributed by atoms with Crippen molar-refractivity contribution in [2.45, 2.75) is 27.3 Å². The fourth-order valence-electron chi connectivity index (χ4n) is 4.20. The summed E-state index contributed by atoms with van der Waals surface area (Å²) in [6.07, 6.45) is 1.63. The van der Waals surface area contributed by atoms with E-state index in [0.29, 0.717) is 42.6 Å². The van der Waals surface area contributed by atoms with Crippen LogP contribution >= 0.6 is 0 Å². The molecule has 0 aliphatic carbocycles. The number of benzene rings is 2. The maximum absolute atomic E-state index is 13.4. The zero-order chi connectivity index (χ0) is 23.2. The quantitative estimate of drug-likeness (QED) is 0.577. The number of ether oxygens (including phenoxy) is 2. The highest BCUT2D eigenvalue weighted by Gasteiger charge is 2.22. The number of amides is 1. The molecule has 0 bridgehead atoms. The van der Waals surface area contributed by atoms with Crippen molar-refractivity contribution in [3.05, 3.63) is 83.0 Å². The van der Waals surface area contributed by atoms with Crippen molar-refractivity contribution in [1.82, 2.24) is 14.8 Å². The van der Waals surface area contributed by atoms with Gasteiger partial charge in [0, 0.05) is 38.9 Å². The average Bonchev–Trinajstić information content (AvgIpc) is 2.80. The second kappa shape index (κ2) is 10.5. The summed E-state index contributed by atoms with van der Waals surface area (Å²) in [6, 6.07) is 17.7. The third kappa shape index (κ3) is 5.71. The van der Waals surface area contributed by atoms with Gasteiger partial charge in [-0.2, -0.15) is 0 Å². The molecule has 0 saturated carbocycles. The standard InChI is InChI=1S/C27H31N3O3/c1-4-30-13-12-29(19-22-17-20(2)16-21(3)18-22)14-15-32-24-9-5-6-10-25(24)33-26-23(27(30)31)8-7-11-28-26/h5-11,16-18H,4,12-15,19H2,1-3H3. The second-order valence-corrected chi connectivity index (χ2v) is 8.41. The van der Waals surface area contributed by atoms with Crippen molar-refractivity contribution < 1.29 is 14.3 Å². The number of hydrogen-bond acceptors (Lipinski definition) is 5. The largest absolute Gasteiger partial charge is 0.488 e. The first-order chi connectivity index (χ1) is 16.0. The molecule has 0 spiro atoms. The molecule has 4 rings (SSSR count). The lowest BCUT2D eigenvalue weighted by molar-refractivity contribution is 0.0736. The first kappa shape index (κ1) is 22.8. The Morgan fingerprint density at radius 1 is 0.939 bits per heavy atom. The van der Waals surface area contributed by atoms with Crippen molar-refractivity contribution in [3.63, 3.8) is 0 Å². The molecular formula is C27H31N3O3. The van der Waals surface area contributed by atoms with Crippen LogP contribution in [0.2, 0.25) is 0 Å². The van der Waals surface area contributed by atoms with E-state index in [1.165, 1.54) is 16.7 Å². The second-order valence-electron chi connectivity index (χ2n) is 8.41. The topological polar surface area (TPSA) is 54.9 Å². The first-order valence-corrected chi connectivity index (χ1v) is 11.5. The highest BCUT2D eigenvalue weighted by atomic mass is 16.5.